The molecule has 0 unspecified atom stereocenters. The number of rotatable bonds is 10. The number of unbranched alkanes of at least 4 members (excludes halogenated alkanes) is 3. The van der Waals surface area contributed by atoms with E-state index in [9.17, 15) is 0 Å². The zero-order valence-electron chi connectivity index (χ0n) is 12.1. The minimum atomic E-state index is 0.365. The average molecular weight is 254 g/mol. The number of hydrogen-bond donors (Lipinski definition) is 0. The van der Waals surface area contributed by atoms with Crippen LogP contribution < -0.4 is 0 Å². The van der Waals surface area contributed by atoms with Gasteiger partial charge in [-0.2, -0.15) is 0 Å². The second-order valence-electron chi connectivity index (χ2n) is 6.40. The molecule has 1 aliphatic carbocycles. The Morgan fingerprint density at radius 3 is 2.44 bits per heavy atom. The van der Waals surface area contributed by atoms with E-state index in [1.54, 1.807) is 0 Å². The molecule has 0 amide bonds. The zero-order chi connectivity index (χ0) is 12.7. The minimum Gasteiger partial charge on any atom is -0.381 e. The van der Waals surface area contributed by atoms with E-state index < -0.39 is 0 Å². The van der Waals surface area contributed by atoms with Crippen LogP contribution in [0, 0.1) is 11.3 Å². The fraction of sp³-hybridized carbons (Fsp3) is 1.00. The summed E-state index contributed by atoms with van der Waals surface area (Å²) in [7, 11) is 0. The SMILES string of the molecule is CCC1(COCCCCCCC2CCC2)COC1. The Hall–Kier alpha value is -0.0800. The highest BCUT2D eigenvalue weighted by Gasteiger charge is 2.36. The molecule has 0 radical (unpaired) electrons. The van der Waals surface area contributed by atoms with Gasteiger partial charge in [-0.3, -0.25) is 0 Å². The van der Waals surface area contributed by atoms with Gasteiger partial charge in [0.15, 0.2) is 0 Å². The third kappa shape index (κ3) is 4.24. The molecule has 2 heteroatoms. The van der Waals surface area contributed by atoms with Crippen LogP contribution in [-0.2, 0) is 9.47 Å². The monoisotopic (exact) mass is 254 g/mol. The highest BCUT2D eigenvalue weighted by molar-refractivity contribution is 4.83. The van der Waals surface area contributed by atoms with Gasteiger partial charge in [0.25, 0.3) is 0 Å². The molecule has 2 rings (SSSR count). The Morgan fingerprint density at radius 2 is 1.89 bits per heavy atom. The first-order valence-electron chi connectivity index (χ1n) is 8.00. The summed E-state index contributed by atoms with van der Waals surface area (Å²) in [5, 5.41) is 0. The summed E-state index contributed by atoms with van der Waals surface area (Å²) in [5.74, 6) is 1.09. The topological polar surface area (TPSA) is 18.5 Å². The van der Waals surface area contributed by atoms with Crippen LogP contribution in [0.5, 0.6) is 0 Å². The van der Waals surface area contributed by atoms with E-state index in [-0.39, 0.29) is 0 Å². The van der Waals surface area contributed by atoms with E-state index in [4.69, 9.17) is 9.47 Å². The van der Waals surface area contributed by atoms with Crippen LogP contribution in [0.3, 0.4) is 0 Å². The lowest BCUT2D eigenvalue weighted by molar-refractivity contribution is -0.150. The van der Waals surface area contributed by atoms with Gasteiger partial charge in [0.1, 0.15) is 0 Å². The highest BCUT2D eigenvalue weighted by atomic mass is 16.5. The first-order chi connectivity index (χ1) is 8.85. The fourth-order valence-corrected chi connectivity index (χ4v) is 2.84. The highest BCUT2D eigenvalue weighted by Crippen LogP contribution is 2.32. The molecular weight excluding hydrogens is 224 g/mol. The maximum atomic E-state index is 5.81. The molecule has 1 heterocycles. The molecule has 1 aliphatic heterocycles. The number of hydrogen-bond acceptors (Lipinski definition) is 2. The van der Waals surface area contributed by atoms with Crippen molar-refractivity contribution in [3.8, 4) is 0 Å². The van der Waals surface area contributed by atoms with Crippen LogP contribution in [-0.4, -0.2) is 26.4 Å². The summed E-state index contributed by atoms with van der Waals surface area (Å²) in [5.41, 5.74) is 0.365. The van der Waals surface area contributed by atoms with E-state index in [1.165, 1.54) is 57.8 Å². The molecule has 0 aromatic rings. The molecular formula is C16H30O2. The van der Waals surface area contributed by atoms with E-state index in [0.717, 1.165) is 32.3 Å². The predicted molar refractivity (Wildman–Crippen MR) is 74.8 cm³/mol. The first kappa shape index (κ1) is 14.3. The van der Waals surface area contributed by atoms with Gasteiger partial charge in [-0.05, 0) is 18.8 Å². The maximum absolute atomic E-state index is 5.81. The lowest BCUT2D eigenvalue weighted by Crippen LogP contribution is -2.45. The van der Waals surface area contributed by atoms with Crippen LogP contribution in [0.2, 0.25) is 0 Å². The molecule has 0 N–H and O–H groups in total. The minimum absolute atomic E-state index is 0.365. The van der Waals surface area contributed by atoms with Crippen LogP contribution >= 0.6 is 0 Å². The average Bonchev–Trinajstić information content (AvgIpc) is 2.27. The molecule has 2 nitrogen and oxygen atoms in total. The quantitative estimate of drug-likeness (QED) is 0.544. The second-order valence-corrected chi connectivity index (χ2v) is 6.40. The van der Waals surface area contributed by atoms with Gasteiger partial charge in [0.05, 0.1) is 19.8 Å². The number of ether oxygens (including phenoxy) is 2. The van der Waals surface area contributed by atoms with Gasteiger partial charge in [0, 0.05) is 12.0 Å². The molecule has 0 bridgehead atoms. The summed E-state index contributed by atoms with van der Waals surface area (Å²) in [6.07, 6.45) is 12.6. The van der Waals surface area contributed by atoms with Crippen LogP contribution in [0.1, 0.15) is 64.7 Å². The zero-order valence-corrected chi connectivity index (χ0v) is 12.1. The van der Waals surface area contributed by atoms with Crippen molar-refractivity contribution in [2.45, 2.75) is 64.7 Å². The third-order valence-corrected chi connectivity index (χ3v) is 4.85. The third-order valence-electron chi connectivity index (χ3n) is 4.85. The van der Waals surface area contributed by atoms with Gasteiger partial charge in [0.2, 0.25) is 0 Å². The van der Waals surface area contributed by atoms with E-state index in [2.05, 4.69) is 6.92 Å². The maximum Gasteiger partial charge on any atom is 0.0566 e. The molecule has 2 aliphatic rings. The van der Waals surface area contributed by atoms with E-state index >= 15 is 0 Å². The Bertz CT molecular complexity index is 214. The normalized spacial score (nSPS) is 22.5. The van der Waals surface area contributed by atoms with Gasteiger partial charge in [-0.15, -0.1) is 0 Å². The Labute approximate surface area is 112 Å². The Kier molecular flexibility index (Phi) is 5.97. The molecule has 0 atom stereocenters. The second kappa shape index (κ2) is 7.49. The predicted octanol–water partition coefficient (Wildman–Crippen LogP) is 4.18. The van der Waals surface area contributed by atoms with Crippen molar-refractivity contribution >= 4 is 0 Å². The summed E-state index contributed by atoms with van der Waals surface area (Å²) >= 11 is 0. The fourth-order valence-electron chi connectivity index (χ4n) is 2.84. The lowest BCUT2D eigenvalue weighted by Gasteiger charge is -2.40. The summed E-state index contributed by atoms with van der Waals surface area (Å²) in [6.45, 7) is 5.92. The van der Waals surface area contributed by atoms with Gasteiger partial charge in [-0.25, -0.2) is 0 Å². The Morgan fingerprint density at radius 1 is 1.11 bits per heavy atom. The molecule has 18 heavy (non-hydrogen) atoms. The van der Waals surface area contributed by atoms with Crippen LogP contribution in [0.4, 0.5) is 0 Å². The van der Waals surface area contributed by atoms with Crippen LogP contribution in [0.15, 0.2) is 0 Å². The van der Waals surface area contributed by atoms with Crippen molar-refractivity contribution in [3.63, 3.8) is 0 Å². The molecule has 0 aromatic heterocycles. The standard InChI is InChI=1S/C16H30O2/c1-2-16(13-18-14-16)12-17-11-6-4-3-5-8-15-9-7-10-15/h15H,2-14H2,1H3. The summed E-state index contributed by atoms with van der Waals surface area (Å²) < 4.78 is 11.1. The summed E-state index contributed by atoms with van der Waals surface area (Å²) in [6, 6.07) is 0. The van der Waals surface area contributed by atoms with Gasteiger partial charge in [-0.1, -0.05) is 51.9 Å². The molecule has 0 aromatic carbocycles. The summed E-state index contributed by atoms with van der Waals surface area (Å²) in [4.78, 5) is 0. The smallest absolute Gasteiger partial charge is 0.0566 e. The van der Waals surface area contributed by atoms with Crippen molar-refractivity contribution in [1.29, 1.82) is 0 Å². The molecule has 2 fully saturated rings. The van der Waals surface area contributed by atoms with Crippen molar-refractivity contribution in [3.05, 3.63) is 0 Å². The Balaban J connectivity index is 1.35. The van der Waals surface area contributed by atoms with Gasteiger partial charge < -0.3 is 9.47 Å². The largest absolute Gasteiger partial charge is 0.381 e. The van der Waals surface area contributed by atoms with Crippen LogP contribution in [0.25, 0.3) is 0 Å². The van der Waals surface area contributed by atoms with Crippen molar-refractivity contribution in [2.75, 3.05) is 26.4 Å². The molecule has 1 saturated carbocycles. The molecule has 0 spiro atoms. The van der Waals surface area contributed by atoms with Crippen molar-refractivity contribution in [1.82, 2.24) is 0 Å². The van der Waals surface area contributed by atoms with Gasteiger partial charge >= 0.3 is 0 Å². The molecule has 1 saturated heterocycles. The molecule has 106 valence electrons. The van der Waals surface area contributed by atoms with Crippen molar-refractivity contribution < 1.29 is 9.47 Å². The lowest BCUT2D eigenvalue weighted by atomic mass is 9.82. The van der Waals surface area contributed by atoms with E-state index in [1.807, 2.05) is 0 Å². The first-order valence-corrected chi connectivity index (χ1v) is 8.00. The van der Waals surface area contributed by atoms with Crippen molar-refractivity contribution in [2.24, 2.45) is 11.3 Å². The van der Waals surface area contributed by atoms with E-state index in [0.29, 0.717) is 5.41 Å².